The molecule has 0 bridgehead atoms. The van der Waals surface area contributed by atoms with Crippen LogP contribution >= 0.6 is 0 Å². The Morgan fingerprint density at radius 2 is 0.674 bits per heavy atom. The molecular formula is C72H114O11Si6. The van der Waals surface area contributed by atoms with Crippen molar-refractivity contribution in [1.29, 1.82) is 0 Å². The highest BCUT2D eigenvalue weighted by Gasteiger charge is 2.39. The molecule has 6 aromatic rings. The van der Waals surface area contributed by atoms with Crippen LogP contribution in [0.4, 0.5) is 0 Å². The fourth-order valence-electron chi connectivity index (χ4n) is 11.9. The molecule has 0 aliphatic rings. The van der Waals surface area contributed by atoms with E-state index in [1.807, 2.05) is 60.7 Å². The molecule has 2 unspecified atom stereocenters. The summed E-state index contributed by atoms with van der Waals surface area (Å²) in [6, 6.07) is 50.5. The van der Waals surface area contributed by atoms with Gasteiger partial charge < -0.3 is 50.6 Å². The Kier molecular flexibility index (Phi) is 31.2. The SMILES string of the molecule is COc1ccc(C(C)[Si](C)(C)O[Si](C)(C)CCCc2ccc(OC)c(OC)c2)cc1CO.COc1ccc(CCC[Si](C)(C)O[Si](C)(C)C(C)c2ccc(OC)cc2)cc1.COc1ccccc1CCC[Si](C)(C)O[Si](C)(C)CCCc1ccccc1OC. The summed E-state index contributed by atoms with van der Waals surface area (Å²) in [7, 11) is 1.14. The topological polar surface area (TPSA) is 113 Å². The number of aryl methyl sites for hydroxylation is 4. The van der Waals surface area contributed by atoms with Crippen LogP contribution in [0.1, 0.15) is 89.6 Å². The number of aliphatic hydroxyl groups excluding tert-OH is 1. The first kappa shape index (κ1) is 76.5. The van der Waals surface area contributed by atoms with Gasteiger partial charge in [-0.1, -0.05) is 86.6 Å². The number of benzene rings is 6. The summed E-state index contributed by atoms with van der Waals surface area (Å²) < 4.78 is 58.3. The van der Waals surface area contributed by atoms with E-state index in [1.54, 1.807) is 49.8 Å². The van der Waals surface area contributed by atoms with Crippen molar-refractivity contribution in [2.24, 2.45) is 0 Å². The normalized spacial score (nSPS) is 12.8. The molecule has 6 rings (SSSR count). The van der Waals surface area contributed by atoms with Gasteiger partial charge >= 0.3 is 0 Å². The second-order valence-corrected chi connectivity index (χ2v) is 53.7. The molecule has 0 heterocycles. The van der Waals surface area contributed by atoms with Crippen molar-refractivity contribution in [3.05, 3.63) is 172 Å². The van der Waals surface area contributed by atoms with Crippen LogP contribution in [0, 0.1) is 0 Å². The Bertz CT molecular complexity index is 2940. The van der Waals surface area contributed by atoms with Crippen LogP contribution in [0.3, 0.4) is 0 Å². The minimum absolute atomic E-state index is 0.0248. The zero-order valence-electron chi connectivity index (χ0n) is 58.6. The van der Waals surface area contributed by atoms with Crippen molar-refractivity contribution in [2.75, 3.05) is 49.8 Å². The summed E-state index contributed by atoms with van der Waals surface area (Å²) in [6.07, 6.45) is 8.78. The van der Waals surface area contributed by atoms with Crippen LogP contribution in [0.15, 0.2) is 133 Å². The maximum atomic E-state index is 9.69. The minimum atomic E-state index is -2.00. The van der Waals surface area contributed by atoms with Crippen LogP contribution in [-0.2, 0) is 44.6 Å². The number of methoxy groups -OCH3 is 7. The average Bonchev–Trinajstić information content (AvgIpc) is 1.43. The first-order chi connectivity index (χ1) is 42.0. The highest BCUT2D eigenvalue weighted by molar-refractivity contribution is 6.86. The molecule has 11 nitrogen and oxygen atoms in total. The number of aliphatic hydroxyl groups is 1. The molecular weight excluding hydrogens is 1210 g/mol. The fourth-order valence-corrected chi connectivity index (χ4v) is 38.4. The molecule has 0 spiro atoms. The molecule has 0 aliphatic heterocycles. The predicted octanol–water partition coefficient (Wildman–Crippen LogP) is 19.0. The van der Waals surface area contributed by atoms with Crippen molar-refractivity contribution in [2.45, 2.75) is 186 Å². The van der Waals surface area contributed by atoms with E-state index in [4.69, 9.17) is 45.5 Å². The molecule has 1 N–H and O–H groups in total. The van der Waals surface area contributed by atoms with Gasteiger partial charge in [-0.25, -0.2) is 0 Å². The van der Waals surface area contributed by atoms with Crippen LogP contribution in [-0.4, -0.2) is 105 Å². The lowest BCUT2D eigenvalue weighted by molar-refractivity contribution is 0.273. The first-order valence-electron chi connectivity index (χ1n) is 32.1. The van der Waals surface area contributed by atoms with E-state index >= 15 is 0 Å². The van der Waals surface area contributed by atoms with E-state index in [0.717, 1.165) is 96.8 Å². The maximum Gasteiger partial charge on any atom is 0.180 e. The Labute approximate surface area is 545 Å². The summed E-state index contributed by atoms with van der Waals surface area (Å²) in [5.74, 6) is 6.10. The number of hydrogen-bond donors (Lipinski definition) is 1. The summed E-state index contributed by atoms with van der Waals surface area (Å²) in [5, 5.41) is 9.69. The monoisotopic (exact) mass is 1320 g/mol. The summed E-state index contributed by atoms with van der Waals surface area (Å²) >= 11 is 0. The molecule has 0 saturated heterocycles. The van der Waals surface area contributed by atoms with Gasteiger partial charge in [-0.05, 0) is 259 Å². The third-order valence-electron chi connectivity index (χ3n) is 17.2. The van der Waals surface area contributed by atoms with Crippen LogP contribution in [0.5, 0.6) is 40.2 Å². The van der Waals surface area contributed by atoms with Crippen LogP contribution < -0.4 is 33.2 Å². The molecule has 0 aromatic heterocycles. The lowest BCUT2D eigenvalue weighted by Gasteiger charge is -2.38. The molecule has 0 fully saturated rings. The van der Waals surface area contributed by atoms with Gasteiger partial charge in [-0.2, -0.15) is 0 Å². The van der Waals surface area contributed by atoms with Crippen LogP contribution in [0.25, 0.3) is 0 Å². The maximum absolute atomic E-state index is 9.69. The quantitative estimate of drug-likeness (QED) is 0.0390. The van der Waals surface area contributed by atoms with Crippen molar-refractivity contribution in [1.82, 2.24) is 0 Å². The third kappa shape index (κ3) is 25.9. The summed E-state index contributed by atoms with van der Waals surface area (Å²) in [5.41, 5.74) is 9.38. The lowest BCUT2D eigenvalue weighted by atomic mass is 10.1. The smallest absolute Gasteiger partial charge is 0.180 e. The second kappa shape index (κ2) is 36.3. The van der Waals surface area contributed by atoms with Crippen LogP contribution in [0.2, 0.25) is 103 Å². The molecule has 0 aliphatic carbocycles. The first-order valence-corrected chi connectivity index (χ1v) is 50.5. The average molecular weight is 1320 g/mol. The zero-order chi connectivity index (χ0) is 66.1. The van der Waals surface area contributed by atoms with Crippen molar-refractivity contribution in [3.63, 3.8) is 0 Å². The minimum Gasteiger partial charge on any atom is -0.497 e. The largest absolute Gasteiger partial charge is 0.497 e. The Morgan fingerprint density at radius 3 is 1.10 bits per heavy atom. The van der Waals surface area contributed by atoms with Gasteiger partial charge in [0.05, 0.1) is 56.4 Å². The fraction of sp³-hybridized carbons (Fsp3) is 0.500. The van der Waals surface area contributed by atoms with Gasteiger partial charge in [-0.15, -0.1) is 0 Å². The molecule has 492 valence electrons. The van der Waals surface area contributed by atoms with Gasteiger partial charge in [0.1, 0.15) is 28.7 Å². The van der Waals surface area contributed by atoms with Crippen molar-refractivity contribution in [3.8, 4) is 40.2 Å². The van der Waals surface area contributed by atoms with Gasteiger partial charge in [0.25, 0.3) is 0 Å². The summed E-state index contributed by atoms with van der Waals surface area (Å²) in [4.78, 5) is 0. The van der Waals surface area contributed by atoms with E-state index < -0.39 is 49.9 Å². The van der Waals surface area contributed by atoms with E-state index in [-0.39, 0.29) is 6.61 Å². The van der Waals surface area contributed by atoms with E-state index in [9.17, 15) is 5.11 Å². The van der Waals surface area contributed by atoms with Gasteiger partial charge in [-0.3, -0.25) is 0 Å². The molecule has 89 heavy (non-hydrogen) atoms. The van der Waals surface area contributed by atoms with E-state index in [1.165, 1.54) is 57.9 Å². The Balaban J connectivity index is 0.000000286. The number of ether oxygens (including phenoxy) is 7. The van der Waals surface area contributed by atoms with E-state index in [0.29, 0.717) is 11.1 Å². The second-order valence-electron chi connectivity index (χ2n) is 27.1. The highest BCUT2D eigenvalue weighted by atomic mass is 28.4. The molecule has 2 atom stereocenters. The molecule has 17 heteroatoms. The number of para-hydroxylation sites is 2. The van der Waals surface area contributed by atoms with Gasteiger partial charge in [0.15, 0.2) is 61.4 Å². The van der Waals surface area contributed by atoms with Gasteiger partial charge in [0.2, 0.25) is 0 Å². The van der Waals surface area contributed by atoms with E-state index in [2.05, 4.69) is 165 Å². The van der Waals surface area contributed by atoms with Crippen molar-refractivity contribution >= 4 is 49.9 Å². The molecule has 6 aromatic carbocycles. The summed E-state index contributed by atoms with van der Waals surface area (Å²) in [6.45, 7) is 32.8. The van der Waals surface area contributed by atoms with Gasteiger partial charge in [0, 0.05) is 5.56 Å². The zero-order valence-corrected chi connectivity index (χ0v) is 64.6. The standard InChI is InChI=1S/C25H40O5Si2.C24H38O3Si2.C23H36O3Si2/c1-19(21-12-14-23(27-2)22(17-21)18-26)32(7,8)30-31(5,6)15-9-10-20-11-13-24(28-3)25(16-20)29-4;1-25-23-17-9-7-13-21(23)15-11-19-28(3,4)27-29(5,6)20-12-16-22-14-8-10-18-24(22)26-2;1-19(21-12-16-23(25-3)17-13-21)28(6,7)26-27(4,5)18-8-9-20-10-14-22(24-2)15-11-20/h11-14,16-17,19,26H,9-10,15,18H2,1-8H3;7-10,13-14,17-18H,11-12,15-16,19-20H2,1-6H3;10-17,19H,8-9,18H2,1-7H3. The lowest BCUT2D eigenvalue weighted by Crippen LogP contribution is -2.47. The predicted molar refractivity (Wildman–Crippen MR) is 388 cm³/mol. The molecule has 0 radical (unpaired) electrons. The number of hydrogen-bond acceptors (Lipinski definition) is 11. The molecule has 0 saturated carbocycles. The number of rotatable bonds is 34. The Hall–Kier alpha value is -4.94. The third-order valence-corrected chi connectivity index (χ3v) is 41.4. The highest BCUT2D eigenvalue weighted by Crippen LogP contribution is 2.37. The van der Waals surface area contributed by atoms with Crippen molar-refractivity contribution < 1.29 is 50.6 Å². The molecule has 0 amide bonds. The Morgan fingerprint density at radius 1 is 0.326 bits per heavy atom.